The number of hydrogen-bond donors (Lipinski definition) is 3. The Bertz CT molecular complexity index is 1050. The number of aliphatic hydroxyl groups excluding tert-OH is 2. The van der Waals surface area contributed by atoms with E-state index in [4.69, 9.17) is 4.74 Å². The van der Waals surface area contributed by atoms with Crippen LogP contribution >= 0.6 is 0 Å². The van der Waals surface area contributed by atoms with E-state index in [0.29, 0.717) is 19.3 Å². The number of nitrogens with one attached hydrogen (secondary N) is 1. The molecule has 6 nitrogen and oxygen atoms in total. The summed E-state index contributed by atoms with van der Waals surface area (Å²) in [6.07, 6.45) is 58.9. The van der Waals surface area contributed by atoms with Crippen LogP contribution in [0.3, 0.4) is 0 Å². The second kappa shape index (κ2) is 48.8. The van der Waals surface area contributed by atoms with Gasteiger partial charge in [0.05, 0.1) is 25.2 Å². The molecule has 3 atom stereocenters. The van der Waals surface area contributed by atoms with Gasteiger partial charge in [-0.2, -0.15) is 0 Å². The molecule has 0 fully saturated rings. The van der Waals surface area contributed by atoms with E-state index in [1.807, 2.05) is 6.08 Å². The molecule has 0 aliphatic carbocycles. The molecule has 0 aromatic heterocycles. The van der Waals surface area contributed by atoms with Gasteiger partial charge in [-0.1, -0.05) is 249 Å². The van der Waals surface area contributed by atoms with Crippen LogP contribution in [0.1, 0.15) is 265 Å². The van der Waals surface area contributed by atoms with E-state index in [-0.39, 0.29) is 24.9 Å². The molecule has 0 radical (unpaired) electrons. The van der Waals surface area contributed by atoms with Crippen molar-refractivity contribution in [1.29, 1.82) is 0 Å². The summed E-state index contributed by atoms with van der Waals surface area (Å²) < 4.78 is 5.90. The van der Waals surface area contributed by atoms with Crippen molar-refractivity contribution in [3.8, 4) is 0 Å². The number of hydrogen-bond acceptors (Lipinski definition) is 5. The molecule has 0 saturated heterocycles. The molecule has 0 heterocycles. The summed E-state index contributed by atoms with van der Waals surface area (Å²) in [4.78, 5) is 26.1. The average Bonchev–Trinajstić information content (AvgIpc) is 3.25. The van der Waals surface area contributed by atoms with Gasteiger partial charge in [0.15, 0.2) is 0 Å². The minimum atomic E-state index is -0.797. The highest BCUT2D eigenvalue weighted by atomic mass is 16.5. The van der Waals surface area contributed by atoms with Gasteiger partial charge in [0.25, 0.3) is 0 Å². The summed E-state index contributed by atoms with van der Waals surface area (Å²) in [5.74, 6) is -0.508. The number of aliphatic hydroxyl groups is 2. The predicted octanol–water partition coefficient (Wildman–Crippen LogP) is 15.8. The number of carbonyl (C=O) groups is 2. The molecule has 3 N–H and O–H groups in total. The number of amides is 1. The lowest BCUT2D eigenvalue weighted by Crippen LogP contribution is -2.46. The topological polar surface area (TPSA) is 95.9 Å². The third-order valence-corrected chi connectivity index (χ3v) is 12.0. The molecule has 0 aromatic carbocycles. The van der Waals surface area contributed by atoms with Crippen LogP contribution < -0.4 is 5.32 Å². The van der Waals surface area contributed by atoms with Crippen LogP contribution in [0.4, 0.5) is 0 Å². The number of allylic oxidation sites excluding steroid dienone is 8. The van der Waals surface area contributed by atoms with Gasteiger partial charge in [0.1, 0.15) is 6.10 Å². The van der Waals surface area contributed by atoms with Gasteiger partial charge in [0, 0.05) is 6.42 Å². The minimum absolute atomic E-state index is 0.0536. The summed E-state index contributed by atoms with van der Waals surface area (Å²) in [5.41, 5.74) is 0. The van der Waals surface area contributed by atoms with Crippen molar-refractivity contribution in [2.75, 3.05) is 6.61 Å². The van der Waals surface area contributed by atoms with E-state index < -0.39 is 18.2 Å². The molecular formula is C55H101NO5. The SMILES string of the molecule is CCCCC/C=C/C=C/C=C/C=C/CCCCCC(CC(=O)NC(CO)C(O)CCCCCCCCCCCCCCCCCCC)OC(=O)CCCCCCCCCCC. The van der Waals surface area contributed by atoms with Crippen LogP contribution in [-0.4, -0.2) is 46.9 Å². The van der Waals surface area contributed by atoms with E-state index in [2.05, 4.69) is 68.6 Å². The lowest BCUT2D eigenvalue weighted by molar-refractivity contribution is -0.151. The number of unbranched alkanes of at least 4 members (excludes halogenated alkanes) is 30. The fraction of sp³-hybridized carbons (Fsp3) is 0.818. The Morgan fingerprint density at radius 2 is 0.836 bits per heavy atom. The number of esters is 1. The van der Waals surface area contributed by atoms with Gasteiger partial charge >= 0.3 is 5.97 Å². The van der Waals surface area contributed by atoms with Gasteiger partial charge in [-0.25, -0.2) is 0 Å². The van der Waals surface area contributed by atoms with Gasteiger partial charge in [-0.3, -0.25) is 9.59 Å². The molecule has 0 rings (SSSR count). The number of rotatable bonds is 47. The van der Waals surface area contributed by atoms with Crippen molar-refractivity contribution in [3.05, 3.63) is 48.6 Å². The molecule has 0 aromatic rings. The Kier molecular flexibility index (Phi) is 47.1. The molecule has 0 saturated carbocycles. The van der Waals surface area contributed by atoms with E-state index in [1.165, 1.54) is 148 Å². The summed E-state index contributed by atoms with van der Waals surface area (Å²) in [6, 6.07) is -0.713. The third kappa shape index (κ3) is 44.2. The predicted molar refractivity (Wildman–Crippen MR) is 264 cm³/mol. The smallest absolute Gasteiger partial charge is 0.306 e. The van der Waals surface area contributed by atoms with E-state index in [9.17, 15) is 19.8 Å². The molecule has 0 aliphatic heterocycles. The fourth-order valence-corrected chi connectivity index (χ4v) is 7.97. The summed E-state index contributed by atoms with van der Waals surface area (Å²) in [7, 11) is 0. The maximum absolute atomic E-state index is 13.2. The van der Waals surface area contributed by atoms with Crippen LogP contribution in [0.25, 0.3) is 0 Å². The average molecular weight is 856 g/mol. The van der Waals surface area contributed by atoms with Crippen molar-refractivity contribution < 1.29 is 24.5 Å². The van der Waals surface area contributed by atoms with Crippen molar-refractivity contribution in [1.82, 2.24) is 5.32 Å². The Morgan fingerprint density at radius 3 is 1.30 bits per heavy atom. The van der Waals surface area contributed by atoms with Gasteiger partial charge in [-0.05, 0) is 51.4 Å². The largest absolute Gasteiger partial charge is 0.462 e. The van der Waals surface area contributed by atoms with E-state index >= 15 is 0 Å². The van der Waals surface area contributed by atoms with Crippen LogP contribution in [0.15, 0.2) is 48.6 Å². The van der Waals surface area contributed by atoms with Crippen LogP contribution in [0.2, 0.25) is 0 Å². The van der Waals surface area contributed by atoms with Gasteiger partial charge < -0.3 is 20.3 Å². The first-order chi connectivity index (χ1) is 30.0. The molecule has 1 amide bonds. The van der Waals surface area contributed by atoms with E-state index in [0.717, 1.165) is 70.6 Å². The number of carbonyl (C=O) groups excluding carboxylic acids is 2. The Labute approximate surface area is 378 Å². The standard InChI is InChI=1S/C55H101NO5/c1-4-7-10-13-16-19-21-23-25-27-29-31-33-36-38-41-44-47-53(58)52(50-57)56-54(59)49-51(61-55(60)48-45-42-39-34-18-15-12-9-6-3)46-43-40-37-35-32-30-28-26-24-22-20-17-14-11-8-5-2/h17,20,22,24,26,28,30,32,51-53,57-58H,4-16,18-19,21,23,25,27,29,31,33-50H2,1-3H3,(H,56,59)/b20-17+,24-22+,28-26+,32-30+. The van der Waals surface area contributed by atoms with Crippen LogP contribution in [0.5, 0.6) is 0 Å². The first-order valence-corrected chi connectivity index (χ1v) is 26.4. The fourth-order valence-electron chi connectivity index (χ4n) is 7.97. The molecule has 61 heavy (non-hydrogen) atoms. The Balaban J connectivity index is 4.55. The molecule has 0 spiro atoms. The zero-order chi connectivity index (χ0) is 44.5. The molecular weight excluding hydrogens is 755 g/mol. The van der Waals surface area contributed by atoms with Crippen LogP contribution in [0, 0.1) is 0 Å². The highest BCUT2D eigenvalue weighted by Crippen LogP contribution is 2.18. The first-order valence-electron chi connectivity index (χ1n) is 26.4. The zero-order valence-corrected chi connectivity index (χ0v) is 40.5. The zero-order valence-electron chi connectivity index (χ0n) is 40.5. The molecule has 3 unspecified atom stereocenters. The summed E-state index contributed by atoms with van der Waals surface area (Å²) >= 11 is 0. The van der Waals surface area contributed by atoms with Crippen molar-refractivity contribution >= 4 is 11.9 Å². The van der Waals surface area contributed by atoms with Crippen LogP contribution in [-0.2, 0) is 14.3 Å². The normalized spacial score (nSPS) is 13.6. The lowest BCUT2D eigenvalue weighted by Gasteiger charge is -2.24. The van der Waals surface area contributed by atoms with Crippen molar-refractivity contribution in [2.24, 2.45) is 0 Å². The quantitative estimate of drug-likeness (QED) is 0.0322. The summed E-state index contributed by atoms with van der Waals surface area (Å²) in [6.45, 7) is 6.43. The lowest BCUT2D eigenvalue weighted by atomic mass is 10.0. The maximum atomic E-state index is 13.2. The second-order valence-electron chi connectivity index (χ2n) is 18.0. The van der Waals surface area contributed by atoms with Crippen molar-refractivity contribution in [2.45, 2.75) is 283 Å². The van der Waals surface area contributed by atoms with Gasteiger partial charge in [0.2, 0.25) is 5.91 Å². The van der Waals surface area contributed by atoms with Crippen molar-refractivity contribution in [3.63, 3.8) is 0 Å². The third-order valence-electron chi connectivity index (χ3n) is 12.0. The molecule has 356 valence electrons. The summed E-state index contributed by atoms with van der Waals surface area (Å²) in [5, 5.41) is 23.8. The molecule has 6 heteroatoms. The van der Waals surface area contributed by atoms with Gasteiger partial charge in [-0.15, -0.1) is 0 Å². The Morgan fingerprint density at radius 1 is 0.475 bits per heavy atom. The number of ether oxygens (including phenoxy) is 1. The maximum Gasteiger partial charge on any atom is 0.306 e. The monoisotopic (exact) mass is 856 g/mol. The van der Waals surface area contributed by atoms with E-state index in [1.54, 1.807) is 0 Å². The molecule has 0 aliphatic rings. The Hall–Kier alpha value is -2.18. The second-order valence-corrected chi connectivity index (χ2v) is 18.0. The minimum Gasteiger partial charge on any atom is -0.462 e. The highest BCUT2D eigenvalue weighted by Gasteiger charge is 2.24. The highest BCUT2D eigenvalue weighted by molar-refractivity contribution is 5.77. The first kappa shape index (κ1) is 58.8. The molecule has 0 bridgehead atoms.